The zero-order valence-electron chi connectivity index (χ0n) is 11.9. The highest BCUT2D eigenvalue weighted by molar-refractivity contribution is 7.89. The Hall–Kier alpha value is -1.51. The summed E-state index contributed by atoms with van der Waals surface area (Å²) in [5, 5.41) is 7.39. The van der Waals surface area contributed by atoms with Crippen LogP contribution < -0.4 is 5.32 Å². The Morgan fingerprint density at radius 2 is 2.15 bits per heavy atom. The number of nitrogens with zero attached hydrogens (tertiary/aromatic N) is 4. The van der Waals surface area contributed by atoms with Gasteiger partial charge in [0.1, 0.15) is 0 Å². The lowest BCUT2D eigenvalue weighted by molar-refractivity contribution is 0.517. The van der Waals surface area contributed by atoms with Gasteiger partial charge in [0, 0.05) is 51.2 Å². The molecule has 0 saturated carbocycles. The normalized spacial score (nSPS) is 12.4. The molecule has 2 heterocycles. The van der Waals surface area contributed by atoms with Gasteiger partial charge >= 0.3 is 0 Å². The Kier molecular flexibility index (Phi) is 4.36. The van der Waals surface area contributed by atoms with Crippen molar-refractivity contribution in [1.29, 1.82) is 0 Å². The van der Waals surface area contributed by atoms with Crippen molar-refractivity contribution < 1.29 is 8.42 Å². The van der Waals surface area contributed by atoms with Gasteiger partial charge < -0.3 is 5.32 Å². The van der Waals surface area contributed by atoms with Crippen LogP contribution in [0, 0.1) is 6.92 Å². The molecule has 0 amide bonds. The third-order valence-electron chi connectivity index (χ3n) is 2.91. The average molecular weight is 297 g/mol. The highest BCUT2D eigenvalue weighted by atomic mass is 32.2. The minimum absolute atomic E-state index is 0.0799. The maximum Gasteiger partial charge on any atom is 0.214 e. The standard InChI is InChI=1S/C12H19N5O2S/c1-10-6-12-14-8-11(9-17(12)15-10)7-13-4-5-20(18,19)16(2)3/h6,8-9,13H,4-5,7H2,1-3H3. The Morgan fingerprint density at radius 3 is 2.85 bits per heavy atom. The molecule has 0 atom stereocenters. The Morgan fingerprint density at radius 1 is 1.40 bits per heavy atom. The molecule has 7 nitrogen and oxygen atoms in total. The summed E-state index contributed by atoms with van der Waals surface area (Å²) in [7, 11) is -0.0764. The van der Waals surface area contributed by atoms with E-state index in [0.29, 0.717) is 13.1 Å². The summed E-state index contributed by atoms with van der Waals surface area (Å²) in [6.45, 7) is 2.88. The summed E-state index contributed by atoms with van der Waals surface area (Å²) < 4.78 is 26.1. The average Bonchev–Trinajstić information content (AvgIpc) is 2.73. The number of aromatic nitrogens is 3. The SMILES string of the molecule is Cc1cc2ncc(CNCCS(=O)(=O)N(C)C)cn2n1. The van der Waals surface area contributed by atoms with Gasteiger partial charge in [-0.15, -0.1) is 0 Å². The van der Waals surface area contributed by atoms with E-state index < -0.39 is 10.0 Å². The molecule has 0 unspecified atom stereocenters. The lowest BCUT2D eigenvalue weighted by Gasteiger charge is -2.11. The highest BCUT2D eigenvalue weighted by Crippen LogP contribution is 2.04. The monoisotopic (exact) mass is 297 g/mol. The Labute approximate surface area is 118 Å². The number of nitrogens with one attached hydrogen (secondary N) is 1. The summed E-state index contributed by atoms with van der Waals surface area (Å²) in [5.74, 6) is 0.0799. The first-order valence-electron chi connectivity index (χ1n) is 6.30. The van der Waals surface area contributed by atoms with Crippen molar-refractivity contribution in [1.82, 2.24) is 24.2 Å². The van der Waals surface area contributed by atoms with E-state index in [1.54, 1.807) is 10.7 Å². The molecule has 0 spiro atoms. The molecule has 2 aromatic rings. The van der Waals surface area contributed by atoms with Crippen molar-refractivity contribution >= 4 is 15.7 Å². The first kappa shape index (κ1) is 14.9. The molecule has 20 heavy (non-hydrogen) atoms. The third-order valence-corrected chi connectivity index (χ3v) is 4.74. The number of hydrogen-bond acceptors (Lipinski definition) is 5. The quantitative estimate of drug-likeness (QED) is 0.760. The lowest BCUT2D eigenvalue weighted by atomic mass is 10.3. The fourth-order valence-electron chi connectivity index (χ4n) is 1.74. The predicted octanol–water partition coefficient (Wildman–Crippen LogP) is 0.0187. The van der Waals surface area contributed by atoms with Crippen LogP contribution in [0.3, 0.4) is 0 Å². The number of sulfonamides is 1. The van der Waals surface area contributed by atoms with Crippen molar-refractivity contribution in [3.63, 3.8) is 0 Å². The summed E-state index contributed by atoms with van der Waals surface area (Å²) in [4.78, 5) is 4.29. The lowest BCUT2D eigenvalue weighted by Crippen LogP contribution is -2.31. The molecule has 8 heteroatoms. The predicted molar refractivity (Wildman–Crippen MR) is 76.9 cm³/mol. The van der Waals surface area contributed by atoms with Gasteiger partial charge in [-0.1, -0.05) is 0 Å². The molecule has 0 aliphatic heterocycles. The van der Waals surface area contributed by atoms with E-state index in [1.165, 1.54) is 18.4 Å². The van der Waals surface area contributed by atoms with Crippen LogP contribution in [0.2, 0.25) is 0 Å². The fraction of sp³-hybridized carbons (Fsp3) is 0.500. The van der Waals surface area contributed by atoms with E-state index >= 15 is 0 Å². The zero-order valence-corrected chi connectivity index (χ0v) is 12.7. The van der Waals surface area contributed by atoms with E-state index in [-0.39, 0.29) is 5.75 Å². The summed E-state index contributed by atoms with van der Waals surface area (Å²) in [6, 6.07) is 1.90. The van der Waals surface area contributed by atoms with Crippen molar-refractivity contribution in [3.8, 4) is 0 Å². The second-order valence-electron chi connectivity index (χ2n) is 4.83. The molecule has 0 aliphatic carbocycles. The summed E-state index contributed by atoms with van der Waals surface area (Å²) >= 11 is 0. The van der Waals surface area contributed by atoms with E-state index in [9.17, 15) is 8.42 Å². The number of aryl methyl sites for hydroxylation is 1. The minimum Gasteiger partial charge on any atom is -0.311 e. The van der Waals surface area contributed by atoms with E-state index in [2.05, 4.69) is 15.4 Å². The highest BCUT2D eigenvalue weighted by Gasteiger charge is 2.12. The largest absolute Gasteiger partial charge is 0.311 e. The molecule has 2 rings (SSSR count). The van der Waals surface area contributed by atoms with Crippen LogP contribution in [-0.2, 0) is 16.6 Å². The van der Waals surface area contributed by atoms with E-state index in [1.807, 2.05) is 19.2 Å². The first-order valence-corrected chi connectivity index (χ1v) is 7.91. The molecular weight excluding hydrogens is 278 g/mol. The smallest absolute Gasteiger partial charge is 0.214 e. The zero-order chi connectivity index (χ0) is 14.8. The van der Waals surface area contributed by atoms with Gasteiger partial charge in [-0.3, -0.25) is 0 Å². The molecule has 0 saturated heterocycles. The van der Waals surface area contributed by atoms with Gasteiger partial charge in [0.05, 0.1) is 11.4 Å². The number of rotatable bonds is 6. The number of hydrogen-bond donors (Lipinski definition) is 1. The molecular formula is C12H19N5O2S. The van der Waals surface area contributed by atoms with Crippen LogP contribution in [0.15, 0.2) is 18.5 Å². The number of fused-ring (bicyclic) bond motifs is 1. The van der Waals surface area contributed by atoms with Gasteiger partial charge in [0.25, 0.3) is 0 Å². The molecule has 110 valence electrons. The molecule has 0 aromatic carbocycles. The van der Waals surface area contributed by atoms with Crippen LogP contribution >= 0.6 is 0 Å². The van der Waals surface area contributed by atoms with Crippen molar-refractivity contribution in [2.24, 2.45) is 0 Å². The van der Waals surface area contributed by atoms with E-state index in [4.69, 9.17) is 0 Å². The minimum atomic E-state index is -3.15. The van der Waals surface area contributed by atoms with Gasteiger partial charge in [-0.25, -0.2) is 22.2 Å². The maximum atomic E-state index is 11.6. The van der Waals surface area contributed by atoms with Crippen LogP contribution in [0.1, 0.15) is 11.3 Å². The van der Waals surface area contributed by atoms with Crippen molar-refractivity contribution in [3.05, 3.63) is 29.7 Å². The molecule has 2 aromatic heterocycles. The first-order chi connectivity index (χ1) is 9.38. The maximum absolute atomic E-state index is 11.6. The van der Waals surface area contributed by atoms with Gasteiger partial charge in [0.15, 0.2) is 5.65 Å². The van der Waals surface area contributed by atoms with Crippen LogP contribution in [0.4, 0.5) is 0 Å². The Balaban J connectivity index is 1.90. The fourth-order valence-corrected chi connectivity index (χ4v) is 2.51. The molecule has 0 bridgehead atoms. The van der Waals surface area contributed by atoms with Gasteiger partial charge in [0.2, 0.25) is 10.0 Å². The molecule has 0 fully saturated rings. The molecule has 1 N–H and O–H groups in total. The second kappa shape index (κ2) is 5.86. The van der Waals surface area contributed by atoms with Crippen molar-refractivity contribution in [2.75, 3.05) is 26.4 Å². The topological polar surface area (TPSA) is 79.6 Å². The molecule has 0 radical (unpaired) electrons. The van der Waals surface area contributed by atoms with E-state index in [0.717, 1.165) is 16.9 Å². The Bertz CT molecular complexity index is 693. The second-order valence-corrected chi connectivity index (χ2v) is 7.13. The van der Waals surface area contributed by atoms with Crippen LogP contribution in [-0.4, -0.2) is 53.7 Å². The third kappa shape index (κ3) is 3.53. The van der Waals surface area contributed by atoms with Crippen LogP contribution in [0.5, 0.6) is 0 Å². The molecule has 0 aliphatic rings. The van der Waals surface area contributed by atoms with Crippen LogP contribution in [0.25, 0.3) is 5.65 Å². The summed E-state index contributed by atoms with van der Waals surface area (Å²) in [6.07, 6.45) is 3.66. The van der Waals surface area contributed by atoms with Gasteiger partial charge in [-0.2, -0.15) is 5.10 Å². The van der Waals surface area contributed by atoms with Gasteiger partial charge in [-0.05, 0) is 6.92 Å². The summed E-state index contributed by atoms with van der Waals surface area (Å²) in [5.41, 5.74) is 2.68. The van der Waals surface area contributed by atoms with Crippen molar-refractivity contribution in [2.45, 2.75) is 13.5 Å².